The molecule has 3 N–H and O–H groups in total. The van der Waals surface area contributed by atoms with Crippen molar-refractivity contribution < 1.29 is 28.1 Å². The molecule has 0 saturated carbocycles. The van der Waals surface area contributed by atoms with E-state index < -0.39 is 22.4 Å². The molecule has 0 spiro atoms. The van der Waals surface area contributed by atoms with Crippen LogP contribution in [0.3, 0.4) is 0 Å². The van der Waals surface area contributed by atoms with Crippen LogP contribution in [-0.4, -0.2) is 31.7 Å². The van der Waals surface area contributed by atoms with Crippen molar-refractivity contribution in [2.45, 2.75) is 55.2 Å². The summed E-state index contributed by atoms with van der Waals surface area (Å²) < 4.78 is 41.5. The van der Waals surface area contributed by atoms with Crippen molar-refractivity contribution >= 4 is 28.3 Å². The molecule has 0 aliphatic carbocycles. The first-order valence-corrected chi connectivity index (χ1v) is 13.8. The topological polar surface area (TPSA) is 87.0 Å². The van der Waals surface area contributed by atoms with Crippen molar-refractivity contribution in [3.63, 3.8) is 0 Å². The van der Waals surface area contributed by atoms with E-state index >= 15 is 0 Å². The molecule has 33 heavy (non-hydrogen) atoms. The number of unbranched alkanes of at least 4 members (excludes halogenated alkanes) is 1. The van der Waals surface area contributed by atoms with Gasteiger partial charge < -0.3 is 9.84 Å². The molecule has 180 valence electrons. The molecule has 3 rings (SSSR count). The molecule has 0 amide bonds. The molecule has 5 nitrogen and oxygen atoms in total. The first-order valence-electron chi connectivity index (χ1n) is 11.1. The van der Waals surface area contributed by atoms with E-state index in [1.54, 1.807) is 6.07 Å². The normalized spacial score (nSPS) is 21.1. The Labute approximate surface area is 200 Å². The maximum Gasteiger partial charge on any atom is 0.368 e. The predicted molar refractivity (Wildman–Crippen MR) is 132 cm³/mol. The van der Waals surface area contributed by atoms with Crippen LogP contribution in [0.5, 0.6) is 5.75 Å². The monoisotopic (exact) mass is 494 g/mol. The second-order valence-corrected chi connectivity index (χ2v) is 11.6. The minimum Gasteiger partial charge on any atom is -0.476 e. The molecule has 2 aromatic rings. The molecule has 0 aromatic heterocycles. The van der Waals surface area contributed by atoms with E-state index in [0.29, 0.717) is 21.8 Å². The summed E-state index contributed by atoms with van der Waals surface area (Å²) in [5, 5.41) is 8.80. The van der Waals surface area contributed by atoms with Gasteiger partial charge >= 0.3 is 5.97 Å². The van der Waals surface area contributed by atoms with Gasteiger partial charge in [0, 0.05) is 17.7 Å². The number of aliphatic carboxylic acids is 1. The third kappa shape index (κ3) is 6.32. The largest absolute Gasteiger partial charge is 0.476 e. The Morgan fingerprint density at radius 2 is 1.97 bits per heavy atom. The Morgan fingerprint density at radius 1 is 1.24 bits per heavy atom. The molecule has 1 aliphatic rings. The lowest BCUT2D eigenvalue weighted by molar-refractivity contribution is -0.134. The van der Waals surface area contributed by atoms with E-state index in [9.17, 15) is 18.3 Å². The molecule has 2 unspecified atom stereocenters. The van der Waals surface area contributed by atoms with Gasteiger partial charge in [0.25, 0.3) is 0 Å². The van der Waals surface area contributed by atoms with Crippen LogP contribution >= 0.6 is 22.4 Å². The zero-order valence-electron chi connectivity index (χ0n) is 18.9. The maximum atomic E-state index is 13.6. The highest BCUT2D eigenvalue weighted by molar-refractivity contribution is 8.24. The predicted octanol–water partition coefficient (Wildman–Crippen LogP) is 7.52. The highest BCUT2D eigenvalue weighted by Gasteiger charge is 2.35. The Hall–Kier alpha value is -2.00. The van der Waals surface area contributed by atoms with Crippen LogP contribution < -0.4 is 4.74 Å². The minimum absolute atomic E-state index is 0.0201. The molecule has 1 aliphatic heterocycles. The molecular formula is C25H31FO5S2. The van der Waals surface area contributed by atoms with Gasteiger partial charge in [-0.05, 0) is 41.7 Å². The summed E-state index contributed by atoms with van der Waals surface area (Å²) in [4.78, 5) is 11.9. The molecule has 8 heteroatoms. The average Bonchev–Trinajstić information content (AvgIpc) is 2.90. The van der Waals surface area contributed by atoms with Gasteiger partial charge in [-0.1, -0.05) is 57.0 Å². The smallest absolute Gasteiger partial charge is 0.368 e. The van der Waals surface area contributed by atoms with E-state index in [4.69, 9.17) is 9.84 Å². The van der Waals surface area contributed by atoms with Gasteiger partial charge in [0.05, 0.1) is 9.79 Å². The average molecular weight is 495 g/mol. The number of carboxylic acids is 1. The van der Waals surface area contributed by atoms with E-state index in [0.717, 1.165) is 36.8 Å². The van der Waals surface area contributed by atoms with Gasteiger partial charge in [0.15, 0.2) is 0 Å². The molecule has 0 saturated heterocycles. The van der Waals surface area contributed by atoms with Crippen LogP contribution in [0.1, 0.15) is 56.6 Å². The molecule has 2 aromatic carbocycles. The van der Waals surface area contributed by atoms with Gasteiger partial charge in [-0.2, -0.15) is 15.0 Å². The van der Waals surface area contributed by atoms with Crippen molar-refractivity contribution in [2.24, 2.45) is 5.92 Å². The van der Waals surface area contributed by atoms with E-state index in [1.807, 2.05) is 31.2 Å². The zero-order chi connectivity index (χ0) is 24.0. The molecule has 2 atom stereocenters. The third-order valence-corrected chi connectivity index (χ3v) is 8.72. The van der Waals surface area contributed by atoms with Gasteiger partial charge in [-0.25, -0.2) is 4.79 Å². The second-order valence-electron chi connectivity index (χ2n) is 8.20. The van der Waals surface area contributed by atoms with Crippen molar-refractivity contribution in [3.8, 4) is 5.75 Å². The summed E-state index contributed by atoms with van der Waals surface area (Å²) >= 11 is 1.48. The number of ether oxygens (including phenoxy) is 1. The van der Waals surface area contributed by atoms with Crippen molar-refractivity contribution in [3.05, 3.63) is 65.7 Å². The highest BCUT2D eigenvalue weighted by Crippen LogP contribution is 2.59. The number of rotatable bonds is 9. The van der Waals surface area contributed by atoms with Gasteiger partial charge in [0.2, 0.25) is 5.83 Å². The Balaban J connectivity index is 2.15. The zero-order valence-corrected chi connectivity index (χ0v) is 20.5. The number of carboxylic acid groups (broad SMARTS) is 1. The fourth-order valence-corrected chi connectivity index (χ4v) is 7.06. The van der Waals surface area contributed by atoms with Gasteiger partial charge in [0.1, 0.15) is 12.0 Å². The summed E-state index contributed by atoms with van der Waals surface area (Å²) in [7, 11) is -3.13. The molecular weight excluding hydrogens is 463 g/mol. The van der Waals surface area contributed by atoms with Crippen LogP contribution in [0, 0.1) is 5.92 Å². The number of benzene rings is 2. The molecule has 0 bridgehead atoms. The van der Waals surface area contributed by atoms with E-state index in [2.05, 4.69) is 19.1 Å². The first-order chi connectivity index (χ1) is 15.8. The van der Waals surface area contributed by atoms with Crippen molar-refractivity contribution in [2.75, 3.05) is 11.5 Å². The standard InChI is InChI=1S/C25H31FO5S2/c1-3-5-9-17-12-19(18-10-7-6-8-11-18)20-13-23(32-4-2)22(31-15-21(26)25(27)28)14-24(20)33(29,30)16-17/h6-8,10-11,13-15,17,19,29-30H,3-5,9,12,16H2,1-2H3,(H,27,28)/b21-15-. The first kappa shape index (κ1) is 25.6. The Kier molecular flexibility index (Phi) is 8.87. The fourth-order valence-electron chi connectivity index (χ4n) is 4.28. The highest BCUT2D eigenvalue weighted by atomic mass is 32.3. The minimum atomic E-state index is -3.13. The maximum absolute atomic E-state index is 13.6. The molecule has 0 radical (unpaired) electrons. The number of hydrogen-bond acceptors (Lipinski definition) is 5. The van der Waals surface area contributed by atoms with Gasteiger partial charge in [-0.3, -0.25) is 9.11 Å². The van der Waals surface area contributed by atoms with Crippen LogP contribution in [-0.2, 0) is 4.79 Å². The fraction of sp³-hybridized carbons (Fsp3) is 0.400. The van der Waals surface area contributed by atoms with Crippen LogP contribution in [0.25, 0.3) is 0 Å². The van der Waals surface area contributed by atoms with Gasteiger partial charge in [-0.15, -0.1) is 11.8 Å². The summed E-state index contributed by atoms with van der Waals surface area (Å²) in [5.74, 6) is -1.83. The third-order valence-electron chi connectivity index (χ3n) is 5.80. The molecule has 0 fully saturated rings. The number of carbonyl (C=O) groups is 1. The lowest BCUT2D eigenvalue weighted by Crippen LogP contribution is -2.13. The summed E-state index contributed by atoms with van der Waals surface area (Å²) in [6.45, 7) is 4.09. The van der Waals surface area contributed by atoms with Crippen LogP contribution in [0.4, 0.5) is 4.39 Å². The quantitative estimate of drug-likeness (QED) is 0.190. The number of halogens is 1. The van der Waals surface area contributed by atoms with Crippen LogP contribution in [0.2, 0.25) is 0 Å². The SMILES string of the molecule is CCCCC1CC(c2ccccc2)c2cc(SCC)c(O/C=C(\F)C(=O)O)cc2S(O)(O)C1. The lowest BCUT2D eigenvalue weighted by atomic mass is 9.82. The number of fused-ring (bicyclic) bond motifs is 1. The van der Waals surface area contributed by atoms with E-state index in [1.165, 1.54) is 11.8 Å². The molecule has 1 heterocycles. The Bertz CT molecular complexity index is 994. The van der Waals surface area contributed by atoms with Crippen LogP contribution in [0.15, 0.2) is 64.3 Å². The van der Waals surface area contributed by atoms with Crippen molar-refractivity contribution in [1.82, 2.24) is 0 Å². The lowest BCUT2D eigenvalue weighted by Gasteiger charge is -2.35. The van der Waals surface area contributed by atoms with Crippen molar-refractivity contribution in [1.29, 1.82) is 0 Å². The second kappa shape index (κ2) is 11.4. The summed E-state index contributed by atoms with van der Waals surface area (Å²) in [5.41, 5.74) is 1.95. The van der Waals surface area contributed by atoms with E-state index in [-0.39, 0.29) is 23.3 Å². The number of thioether (sulfide) groups is 1. The Morgan fingerprint density at radius 3 is 2.61 bits per heavy atom. The summed E-state index contributed by atoms with van der Waals surface area (Å²) in [6.07, 6.45) is 4.32. The number of hydrogen-bond donors (Lipinski definition) is 3. The summed E-state index contributed by atoms with van der Waals surface area (Å²) in [6, 6.07) is 13.5.